The van der Waals surface area contributed by atoms with Gasteiger partial charge in [-0.2, -0.15) is 0 Å². The van der Waals surface area contributed by atoms with Crippen molar-refractivity contribution >= 4 is 11.9 Å². The monoisotopic (exact) mass is 352 g/mol. The average molecular weight is 352 g/mol. The second kappa shape index (κ2) is 9.18. The zero-order valence-electron chi connectivity index (χ0n) is 15.2. The van der Waals surface area contributed by atoms with Gasteiger partial charge in [-0.3, -0.25) is 0 Å². The third-order valence-electron chi connectivity index (χ3n) is 4.88. The molecule has 2 aromatic rings. The van der Waals surface area contributed by atoms with Crippen LogP contribution in [0.4, 0.5) is 0 Å². The van der Waals surface area contributed by atoms with E-state index in [-0.39, 0.29) is 12.8 Å². The number of rotatable bonds is 9. The summed E-state index contributed by atoms with van der Waals surface area (Å²) in [5.41, 5.74) is 3.84. The topological polar surface area (TPSA) is 80.3 Å². The van der Waals surface area contributed by atoms with Crippen LogP contribution < -0.4 is 10.2 Å². The van der Waals surface area contributed by atoms with Crippen molar-refractivity contribution in [1.29, 1.82) is 0 Å². The molecule has 0 aliphatic rings. The van der Waals surface area contributed by atoms with Crippen LogP contribution in [0.3, 0.4) is 0 Å². The minimum Gasteiger partial charge on any atom is -0.550 e. The molecule has 2 unspecified atom stereocenters. The van der Waals surface area contributed by atoms with Gasteiger partial charge in [-0.15, -0.1) is 0 Å². The molecule has 0 aromatic heterocycles. The van der Waals surface area contributed by atoms with Crippen LogP contribution in [0.25, 0.3) is 0 Å². The van der Waals surface area contributed by atoms with E-state index in [0.717, 1.165) is 24.0 Å². The number of hydrogen-bond donors (Lipinski definition) is 0. The molecule has 0 aliphatic heterocycles. The Morgan fingerprint density at radius 3 is 1.23 bits per heavy atom. The van der Waals surface area contributed by atoms with Gasteiger partial charge >= 0.3 is 0 Å². The van der Waals surface area contributed by atoms with Crippen LogP contribution in [0.5, 0.6) is 0 Å². The zero-order chi connectivity index (χ0) is 19.1. The number of benzene rings is 2. The summed E-state index contributed by atoms with van der Waals surface area (Å²) in [6.07, 6.45) is 1.76. The molecule has 0 bridgehead atoms. The molecular formula is C22H24O4-2. The lowest BCUT2D eigenvalue weighted by atomic mass is 9.78. The van der Waals surface area contributed by atoms with Crippen molar-refractivity contribution in [2.45, 2.75) is 51.4 Å². The highest BCUT2D eigenvalue weighted by Gasteiger charge is 2.22. The molecule has 138 valence electrons. The molecule has 4 heteroatoms. The first-order valence-electron chi connectivity index (χ1n) is 9.01. The molecule has 0 saturated heterocycles. The van der Waals surface area contributed by atoms with Gasteiger partial charge in [-0.1, -0.05) is 62.4 Å². The lowest BCUT2D eigenvalue weighted by Gasteiger charge is -2.27. The maximum Gasteiger partial charge on any atom is 0.0458 e. The summed E-state index contributed by atoms with van der Waals surface area (Å²) < 4.78 is 0. The molecule has 0 radical (unpaired) electrons. The zero-order valence-corrected chi connectivity index (χ0v) is 15.2. The predicted octanol–water partition coefficient (Wildman–Crippen LogP) is 1.96. The summed E-state index contributed by atoms with van der Waals surface area (Å²) in [7, 11) is 0. The van der Waals surface area contributed by atoms with Crippen LogP contribution in [0.15, 0.2) is 48.5 Å². The van der Waals surface area contributed by atoms with Gasteiger partial charge in [0.1, 0.15) is 0 Å². The number of carbonyl (C=O) groups excluding carboxylic acids is 2. The van der Waals surface area contributed by atoms with E-state index in [0.29, 0.717) is 11.8 Å². The molecule has 26 heavy (non-hydrogen) atoms. The van der Waals surface area contributed by atoms with Crippen molar-refractivity contribution in [2.24, 2.45) is 0 Å². The quantitative estimate of drug-likeness (QED) is 0.691. The largest absolute Gasteiger partial charge is 0.550 e. The highest BCUT2D eigenvalue weighted by molar-refractivity contribution is 5.68. The van der Waals surface area contributed by atoms with E-state index in [1.54, 1.807) is 0 Å². The lowest BCUT2D eigenvalue weighted by Crippen LogP contribution is -2.24. The molecule has 0 spiro atoms. The Bertz CT molecular complexity index is 666. The minimum absolute atomic E-state index is 0.0752. The molecule has 0 saturated carbocycles. The Balaban J connectivity index is 2.22. The Hall–Kier alpha value is -2.62. The van der Waals surface area contributed by atoms with E-state index in [4.69, 9.17) is 0 Å². The van der Waals surface area contributed by atoms with Crippen molar-refractivity contribution in [2.75, 3.05) is 0 Å². The molecule has 2 aromatic carbocycles. The van der Waals surface area contributed by atoms with Gasteiger partial charge in [0.2, 0.25) is 0 Å². The molecule has 0 aliphatic carbocycles. The Morgan fingerprint density at radius 2 is 1.00 bits per heavy atom. The number of aliphatic carboxylic acids is 2. The molecule has 2 atom stereocenters. The Kier molecular flexibility index (Phi) is 6.96. The van der Waals surface area contributed by atoms with Gasteiger partial charge in [0.05, 0.1) is 0 Å². The number of carboxylic acid groups (broad SMARTS) is 2. The van der Waals surface area contributed by atoms with E-state index in [1.807, 2.05) is 48.5 Å². The average Bonchev–Trinajstić information content (AvgIpc) is 2.60. The third-order valence-corrected chi connectivity index (χ3v) is 4.88. The predicted molar refractivity (Wildman–Crippen MR) is 96.4 cm³/mol. The molecule has 0 fully saturated rings. The van der Waals surface area contributed by atoms with E-state index in [2.05, 4.69) is 13.8 Å². The Labute approximate surface area is 154 Å². The second-order valence-corrected chi connectivity index (χ2v) is 6.61. The van der Waals surface area contributed by atoms with Crippen LogP contribution in [0.2, 0.25) is 0 Å². The van der Waals surface area contributed by atoms with Crippen LogP contribution in [0.1, 0.15) is 60.8 Å². The van der Waals surface area contributed by atoms with Crippen molar-refractivity contribution in [1.82, 2.24) is 0 Å². The summed E-state index contributed by atoms with van der Waals surface area (Å²) in [5, 5.41) is 21.5. The van der Waals surface area contributed by atoms with E-state index >= 15 is 0 Å². The van der Waals surface area contributed by atoms with Gasteiger partial charge in [-0.25, -0.2) is 0 Å². The van der Waals surface area contributed by atoms with Crippen molar-refractivity contribution < 1.29 is 19.8 Å². The van der Waals surface area contributed by atoms with Gasteiger partial charge in [0, 0.05) is 24.8 Å². The normalized spacial score (nSPS) is 13.2. The van der Waals surface area contributed by atoms with Crippen molar-refractivity contribution in [3.63, 3.8) is 0 Å². The number of carboxylic acids is 2. The van der Waals surface area contributed by atoms with Crippen LogP contribution in [-0.2, 0) is 22.4 Å². The van der Waals surface area contributed by atoms with Gasteiger partial charge in [-0.05, 0) is 46.9 Å². The van der Waals surface area contributed by atoms with Gasteiger partial charge in [0.15, 0.2) is 0 Å². The van der Waals surface area contributed by atoms with Crippen LogP contribution in [-0.4, -0.2) is 11.9 Å². The summed E-state index contributed by atoms with van der Waals surface area (Å²) in [5.74, 6) is -1.53. The van der Waals surface area contributed by atoms with E-state index in [1.165, 1.54) is 11.1 Å². The Morgan fingerprint density at radius 1 is 0.692 bits per heavy atom. The second-order valence-electron chi connectivity index (χ2n) is 6.61. The maximum absolute atomic E-state index is 10.7. The fourth-order valence-corrected chi connectivity index (χ4v) is 3.60. The summed E-state index contributed by atoms with van der Waals surface area (Å²) in [6, 6.07) is 15.4. The van der Waals surface area contributed by atoms with Crippen LogP contribution in [0, 0.1) is 0 Å². The molecule has 0 heterocycles. The van der Waals surface area contributed by atoms with Crippen molar-refractivity contribution in [3.8, 4) is 0 Å². The molecular weight excluding hydrogens is 328 g/mol. The molecule has 0 N–H and O–H groups in total. The van der Waals surface area contributed by atoms with Crippen LogP contribution >= 0.6 is 0 Å². The standard InChI is InChI=1S/C22H26O4/c1-3-19(17-9-5-15(6-10-17)13-21(23)24)20(4-2)18-11-7-16(8-12-18)14-22(25)26/h5-12,19-20H,3-4,13-14H2,1-2H3,(H,23,24)(H,25,26)/p-2. The maximum atomic E-state index is 10.7. The summed E-state index contributed by atoms with van der Waals surface area (Å²) in [4.78, 5) is 21.5. The minimum atomic E-state index is -1.08. The molecule has 0 amide bonds. The SMILES string of the molecule is CCC(c1ccc(CC(=O)[O-])cc1)C(CC)c1ccc(CC(=O)[O-])cc1. The van der Waals surface area contributed by atoms with E-state index in [9.17, 15) is 19.8 Å². The van der Waals surface area contributed by atoms with Gasteiger partial charge in [0.25, 0.3) is 0 Å². The van der Waals surface area contributed by atoms with Gasteiger partial charge < -0.3 is 19.8 Å². The van der Waals surface area contributed by atoms with E-state index < -0.39 is 11.9 Å². The number of hydrogen-bond acceptors (Lipinski definition) is 4. The number of carbonyl (C=O) groups is 2. The molecule has 2 rings (SSSR count). The first kappa shape index (κ1) is 19.7. The lowest BCUT2D eigenvalue weighted by molar-refractivity contribution is -0.306. The summed E-state index contributed by atoms with van der Waals surface area (Å²) in [6.45, 7) is 4.29. The van der Waals surface area contributed by atoms with Crippen molar-refractivity contribution in [3.05, 3.63) is 70.8 Å². The fourth-order valence-electron chi connectivity index (χ4n) is 3.60. The first-order chi connectivity index (χ1) is 12.4. The highest BCUT2D eigenvalue weighted by atomic mass is 16.4. The fraction of sp³-hybridized carbons (Fsp3) is 0.364. The first-order valence-corrected chi connectivity index (χ1v) is 9.01. The highest BCUT2D eigenvalue weighted by Crippen LogP contribution is 2.38. The molecule has 4 nitrogen and oxygen atoms in total. The summed E-state index contributed by atoms with van der Waals surface area (Å²) >= 11 is 0. The smallest absolute Gasteiger partial charge is 0.0458 e. The third kappa shape index (κ3) is 5.19.